The molecule has 1 aliphatic rings. The number of anilines is 1. The van der Waals surface area contributed by atoms with Crippen LogP contribution in [0.4, 0.5) is 10.2 Å². The number of hydrogen-bond donors (Lipinski definition) is 0. The monoisotopic (exact) mass is 337 g/mol. The molecular weight excluding hydrogens is 321 g/mol. The van der Waals surface area contributed by atoms with Gasteiger partial charge in [-0.1, -0.05) is 0 Å². The molecule has 122 valence electrons. The first-order valence-corrected chi connectivity index (χ1v) is 7.77. The lowest BCUT2D eigenvalue weighted by molar-refractivity contribution is 0.170. The Morgan fingerprint density at radius 1 is 1.17 bits per heavy atom. The van der Waals surface area contributed by atoms with Gasteiger partial charge in [0.05, 0.1) is 7.11 Å². The molecule has 0 aliphatic carbocycles. The van der Waals surface area contributed by atoms with E-state index in [2.05, 4.69) is 14.9 Å². The Kier molecular flexibility index (Phi) is 4.81. The summed E-state index contributed by atoms with van der Waals surface area (Å²) in [7, 11) is 1.55. The zero-order chi connectivity index (χ0) is 16.2. The summed E-state index contributed by atoms with van der Waals surface area (Å²) in [4.78, 5) is 10.3. The molecule has 2 aromatic rings. The molecular formula is C16H17ClFN3O2. The van der Waals surface area contributed by atoms with Crippen molar-refractivity contribution in [1.82, 2.24) is 9.97 Å². The highest BCUT2D eigenvalue weighted by molar-refractivity contribution is 6.28. The van der Waals surface area contributed by atoms with Crippen molar-refractivity contribution in [2.45, 2.75) is 18.9 Å². The molecule has 3 rings (SSSR count). The van der Waals surface area contributed by atoms with E-state index in [0.717, 1.165) is 31.7 Å². The van der Waals surface area contributed by atoms with Gasteiger partial charge in [0.2, 0.25) is 11.2 Å². The van der Waals surface area contributed by atoms with Crippen molar-refractivity contribution in [3.8, 4) is 11.6 Å². The van der Waals surface area contributed by atoms with Crippen LogP contribution in [0.2, 0.25) is 5.28 Å². The SMILES string of the molecule is COc1cc(N2CCC(Oc3ccc(F)cc3)CC2)nc(Cl)n1. The third-order valence-electron chi connectivity index (χ3n) is 3.75. The lowest BCUT2D eigenvalue weighted by Crippen LogP contribution is -2.38. The zero-order valence-corrected chi connectivity index (χ0v) is 13.5. The van der Waals surface area contributed by atoms with Gasteiger partial charge >= 0.3 is 0 Å². The molecule has 1 aromatic heterocycles. The highest BCUT2D eigenvalue weighted by Gasteiger charge is 2.22. The third kappa shape index (κ3) is 4.01. The minimum absolute atomic E-state index is 0.107. The third-order valence-corrected chi connectivity index (χ3v) is 3.92. The van der Waals surface area contributed by atoms with E-state index < -0.39 is 0 Å². The smallest absolute Gasteiger partial charge is 0.227 e. The Hall–Kier alpha value is -2.08. The summed E-state index contributed by atoms with van der Waals surface area (Å²) < 4.78 is 23.9. The molecule has 7 heteroatoms. The first kappa shape index (κ1) is 15.8. The summed E-state index contributed by atoms with van der Waals surface area (Å²) >= 11 is 5.91. The van der Waals surface area contributed by atoms with Crippen molar-refractivity contribution >= 4 is 17.4 Å². The minimum atomic E-state index is -0.262. The maximum Gasteiger partial charge on any atom is 0.227 e. The lowest BCUT2D eigenvalue weighted by Gasteiger charge is -2.33. The Bertz CT molecular complexity index is 661. The number of piperidine rings is 1. The molecule has 0 N–H and O–H groups in total. The highest BCUT2D eigenvalue weighted by atomic mass is 35.5. The van der Waals surface area contributed by atoms with Crippen LogP contribution in [0.1, 0.15) is 12.8 Å². The van der Waals surface area contributed by atoms with Gasteiger partial charge in [0.25, 0.3) is 0 Å². The van der Waals surface area contributed by atoms with Gasteiger partial charge < -0.3 is 14.4 Å². The van der Waals surface area contributed by atoms with E-state index in [9.17, 15) is 4.39 Å². The largest absolute Gasteiger partial charge is 0.490 e. The molecule has 23 heavy (non-hydrogen) atoms. The average molecular weight is 338 g/mol. The average Bonchev–Trinajstić information content (AvgIpc) is 2.57. The molecule has 5 nitrogen and oxygen atoms in total. The Morgan fingerprint density at radius 3 is 2.52 bits per heavy atom. The molecule has 1 aromatic carbocycles. The number of methoxy groups -OCH3 is 1. The number of rotatable bonds is 4. The molecule has 0 saturated carbocycles. The second-order valence-corrected chi connectivity index (χ2v) is 5.63. The van der Waals surface area contributed by atoms with Crippen molar-refractivity contribution in [2.24, 2.45) is 0 Å². The van der Waals surface area contributed by atoms with Gasteiger partial charge in [0.15, 0.2) is 0 Å². The van der Waals surface area contributed by atoms with Gasteiger partial charge in [0.1, 0.15) is 23.5 Å². The number of halogens is 2. The van der Waals surface area contributed by atoms with Gasteiger partial charge in [-0.3, -0.25) is 0 Å². The fourth-order valence-electron chi connectivity index (χ4n) is 2.56. The van der Waals surface area contributed by atoms with Crippen molar-refractivity contribution in [3.05, 3.63) is 41.4 Å². The van der Waals surface area contributed by atoms with Crippen LogP contribution in [0.15, 0.2) is 30.3 Å². The molecule has 0 unspecified atom stereocenters. The molecule has 1 aliphatic heterocycles. The number of benzene rings is 1. The second-order valence-electron chi connectivity index (χ2n) is 5.30. The molecule has 0 amide bonds. The zero-order valence-electron chi connectivity index (χ0n) is 12.7. The fourth-order valence-corrected chi connectivity index (χ4v) is 2.73. The van der Waals surface area contributed by atoms with Crippen LogP contribution in [-0.4, -0.2) is 36.3 Å². The molecule has 2 heterocycles. The number of nitrogens with zero attached hydrogens (tertiary/aromatic N) is 3. The standard InChI is InChI=1S/C16H17ClFN3O2/c1-22-15-10-14(19-16(17)20-15)21-8-6-13(7-9-21)23-12-4-2-11(18)3-5-12/h2-5,10,13H,6-9H2,1H3. The molecule has 0 bridgehead atoms. The predicted octanol–water partition coefficient (Wildman–Crippen LogP) is 3.33. The second kappa shape index (κ2) is 7.00. The predicted molar refractivity (Wildman–Crippen MR) is 85.9 cm³/mol. The van der Waals surface area contributed by atoms with Crippen molar-refractivity contribution in [1.29, 1.82) is 0 Å². The minimum Gasteiger partial charge on any atom is -0.490 e. The van der Waals surface area contributed by atoms with Gasteiger partial charge in [-0.2, -0.15) is 4.98 Å². The number of ether oxygens (including phenoxy) is 2. The van der Waals surface area contributed by atoms with Crippen LogP contribution in [0.25, 0.3) is 0 Å². The maximum absolute atomic E-state index is 12.9. The Balaban J connectivity index is 1.60. The van der Waals surface area contributed by atoms with Gasteiger partial charge in [-0.05, 0) is 35.9 Å². The lowest BCUT2D eigenvalue weighted by atomic mass is 10.1. The van der Waals surface area contributed by atoms with E-state index in [1.54, 1.807) is 25.3 Å². The van der Waals surface area contributed by atoms with Gasteiger partial charge in [0, 0.05) is 32.0 Å². The topological polar surface area (TPSA) is 47.5 Å². The van der Waals surface area contributed by atoms with E-state index >= 15 is 0 Å². The van der Waals surface area contributed by atoms with Crippen LogP contribution in [0.5, 0.6) is 11.6 Å². The number of aromatic nitrogens is 2. The molecule has 1 fully saturated rings. The molecule has 0 atom stereocenters. The molecule has 0 radical (unpaired) electrons. The number of hydrogen-bond acceptors (Lipinski definition) is 5. The summed E-state index contributed by atoms with van der Waals surface area (Å²) in [5.74, 6) is 1.63. The van der Waals surface area contributed by atoms with E-state index in [-0.39, 0.29) is 17.2 Å². The first-order chi connectivity index (χ1) is 11.1. The van der Waals surface area contributed by atoms with Crippen LogP contribution in [0.3, 0.4) is 0 Å². The van der Waals surface area contributed by atoms with Gasteiger partial charge in [-0.25, -0.2) is 9.37 Å². The van der Waals surface area contributed by atoms with E-state index in [1.807, 2.05) is 0 Å². The Labute approximate surface area is 139 Å². The van der Waals surface area contributed by atoms with Gasteiger partial charge in [-0.15, -0.1) is 0 Å². The van der Waals surface area contributed by atoms with Crippen molar-refractivity contribution in [3.63, 3.8) is 0 Å². The van der Waals surface area contributed by atoms with Crippen LogP contribution in [-0.2, 0) is 0 Å². The fraction of sp³-hybridized carbons (Fsp3) is 0.375. The first-order valence-electron chi connectivity index (χ1n) is 7.40. The summed E-state index contributed by atoms with van der Waals surface area (Å²) in [6, 6.07) is 7.87. The summed E-state index contributed by atoms with van der Waals surface area (Å²) in [6.45, 7) is 1.59. The van der Waals surface area contributed by atoms with E-state index in [0.29, 0.717) is 11.6 Å². The highest BCUT2D eigenvalue weighted by Crippen LogP contribution is 2.25. The van der Waals surface area contributed by atoms with Crippen molar-refractivity contribution < 1.29 is 13.9 Å². The summed E-state index contributed by atoms with van der Waals surface area (Å²) in [6.07, 6.45) is 1.80. The normalized spacial score (nSPS) is 15.5. The van der Waals surface area contributed by atoms with E-state index in [4.69, 9.17) is 21.1 Å². The van der Waals surface area contributed by atoms with Crippen molar-refractivity contribution in [2.75, 3.05) is 25.1 Å². The molecule has 0 spiro atoms. The van der Waals surface area contributed by atoms with Crippen LogP contribution in [0, 0.1) is 5.82 Å². The summed E-state index contributed by atoms with van der Waals surface area (Å²) in [5, 5.41) is 0.170. The Morgan fingerprint density at radius 2 is 1.87 bits per heavy atom. The quantitative estimate of drug-likeness (QED) is 0.801. The van der Waals surface area contributed by atoms with E-state index in [1.165, 1.54) is 12.1 Å². The maximum atomic E-state index is 12.9. The summed E-state index contributed by atoms with van der Waals surface area (Å²) in [5.41, 5.74) is 0. The van der Waals surface area contributed by atoms with Crippen LogP contribution >= 0.6 is 11.6 Å². The van der Waals surface area contributed by atoms with Crippen LogP contribution < -0.4 is 14.4 Å². The molecule has 1 saturated heterocycles.